The highest BCUT2D eigenvalue weighted by Gasteiger charge is 2.24. The number of carbonyl (C=O) groups is 1. The van der Waals surface area contributed by atoms with Crippen LogP contribution in [0.25, 0.3) is 15.9 Å². The number of nitrogens with one attached hydrogen (secondary N) is 1. The quantitative estimate of drug-likeness (QED) is 0.707. The van der Waals surface area contributed by atoms with Gasteiger partial charge in [-0.3, -0.25) is 4.79 Å². The third kappa shape index (κ3) is 3.00. The molecule has 1 unspecified atom stereocenters. The summed E-state index contributed by atoms with van der Waals surface area (Å²) in [7, 11) is 1.64. The molecule has 0 saturated carbocycles. The van der Waals surface area contributed by atoms with Crippen LogP contribution in [0, 0.1) is 5.92 Å². The summed E-state index contributed by atoms with van der Waals surface area (Å²) in [4.78, 5) is 23.7. The van der Waals surface area contributed by atoms with Gasteiger partial charge in [0.25, 0.3) is 5.91 Å². The van der Waals surface area contributed by atoms with E-state index in [2.05, 4.69) is 27.3 Å². The lowest BCUT2D eigenvalue weighted by Gasteiger charge is -2.17. The molecule has 25 heavy (non-hydrogen) atoms. The molecule has 0 aromatic carbocycles. The van der Waals surface area contributed by atoms with E-state index in [1.165, 1.54) is 16.9 Å². The first-order valence-electron chi connectivity index (χ1n) is 8.60. The molecule has 1 aliphatic carbocycles. The lowest BCUT2D eigenvalue weighted by molar-refractivity contribution is 0.0938. The Morgan fingerprint density at radius 3 is 3.24 bits per heavy atom. The summed E-state index contributed by atoms with van der Waals surface area (Å²) < 4.78 is 6.61. The zero-order valence-electron chi connectivity index (χ0n) is 14.4. The second-order valence-electron chi connectivity index (χ2n) is 6.58. The van der Waals surface area contributed by atoms with E-state index in [0.717, 1.165) is 35.1 Å². The molecule has 0 spiro atoms. The van der Waals surface area contributed by atoms with Crippen molar-refractivity contribution in [2.24, 2.45) is 5.92 Å². The molecular weight excluding hydrogens is 338 g/mol. The van der Waals surface area contributed by atoms with E-state index in [-0.39, 0.29) is 11.7 Å². The molecular formula is C17H21N5O2S. The third-order valence-electron chi connectivity index (χ3n) is 4.64. The Labute approximate surface area is 149 Å². The molecule has 3 aromatic rings. The molecule has 4 rings (SSSR count). The van der Waals surface area contributed by atoms with E-state index in [1.807, 2.05) is 0 Å². The van der Waals surface area contributed by atoms with Gasteiger partial charge in [0, 0.05) is 25.1 Å². The predicted molar refractivity (Wildman–Crippen MR) is 96.2 cm³/mol. The van der Waals surface area contributed by atoms with Crippen LogP contribution in [0.15, 0.2) is 6.33 Å². The van der Waals surface area contributed by atoms with Crippen molar-refractivity contribution in [3.63, 3.8) is 0 Å². The average Bonchev–Trinajstić information content (AvgIpc) is 3.19. The molecule has 0 radical (unpaired) electrons. The highest BCUT2D eigenvalue weighted by molar-refractivity contribution is 7.19. The van der Waals surface area contributed by atoms with Crippen LogP contribution in [0.2, 0.25) is 0 Å². The zero-order chi connectivity index (χ0) is 17.4. The van der Waals surface area contributed by atoms with E-state index >= 15 is 0 Å². The predicted octanol–water partition coefficient (Wildman–Crippen LogP) is 2.23. The van der Waals surface area contributed by atoms with Crippen LogP contribution < -0.4 is 5.32 Å². The molecule has 1 amide bonds. The highest BCUT2D eigenvalue weighted by Crippen LogP contribution is 2.38. The van der Waals surface area contributed by atoms with Gasteiger partial charge < -0.3 is 10.1 Å². The minimum Gasteiger partial charge on any atom is -0.385 e. The van der Waals surface area contributed by atoms with Crippen molar-refractivity contribution in [1.82, 2.24) is 24.9 Å². The van der Waals surface area contributed by atoms with Crippen LogP contribution in [0.3, 0.4) is 0 Å². The largest absolute Gasteiger partial charge is 0.385 e. The smallest absolute Gasteiger partial charge is 0.290 e. The van der Waals surface area contributed by atoms with E-state index in [0.29, 0.717) is 19.1 Å². The molecule has 132 valence electrons. The van der Waals surface area contributed by atoms with E-state index < -0.39 is 0 Å². The average molecular weight is 359 g/mol. The van der Waals surface area contributed by atoms with Crippen LogP contribution in [-0.4, -0.2) is 45.8 Å². The number of hydrogen-bond acceptors (Lipinski definition) is 6. The molecule has 0 saturated heterocycles. The number of amides is 1. The Morgan fingerprint density at radius 1 is 1.52 bits per heavy atom. The molecule has 1 atom stereocenters. The van der Waals surface area contributed by atoms with Crippen LogP contribution in [0.1, 0.15) is 40.8 Å². The number of carbonyl (C=O) groups excluding carboxylic acids is 1. The standard InChI is InChI=1S/C17H21N5O2S/c1-10-4-5-12-11(8-10)13-15-20-14(16(23)18-6-3-7-24-2)21-22(15)9-19-17(13)25-12/h9-10H,3-8H2,1-2H3,(H,18,23). The van der Waals surface area contributed by atoms with Crippen molar-refractivity contribution in [3.8, 4) is 0 Å². The zero-order valence-corrected chi connectivity index (χ0v) is 15.2. The van der Waals surface area contributed by atoms with E-state index in [4.69, 9.17) is 4.74 Å². The van der Waals surface area contributed by atoms with Gasteiger partial charge in [-0.15, -0.1) is 16.4 Å². The lowest BCUT2D eigenvalue weighted by atomic mass is 9.89. The highest BCUT2D eigenvalue weighted by atomic mass is 32.1. The maximum Gasteiger partial charge on any atom is 0.290 e. The van der Waals surface area contributed by atoms with Crippen molar-refractivity contribution < 1.29 is 9.53 Å². The first kappa shape index (κ1) is 16.4. The summed E-state index contributed by atoms with van der Waals surface area (Å²) in [5, 5.41) is 8.21. The summed E-state index contributed by atoms with van der Waals surface area (Å²) in [6.45, 7) is 3.44. The Bertz CT molecular complexity index is 932. The van der Waals surface area contributed by atoms with Gasteiger partial charge in [0.2, 0.25) is 5.82 Å². The fraction of sp³-hybridized carbons (Fsp3) is 0.529. The second-order valence-corrected chi connectivity index (χ2v) is 7.67. The maximum absolute atomic E-state index is 12.3. The van der Waals surface area contributed by atoms with Crippen molar-refractivity contribution in [3.05, 3.63) is 22.6 Å². The molecule has 3 heterocycles. The summed E-state index contributed by atoms with van der Waals surface area (Å²) >= 11 is 1.75. The molecule has 8 heteroatoms. The Morgan fingerprint density at radius 2 is 2.40 bits per heavy atom. The number of nitrogens with zero attached hydrogens (tertiary/aromatic N) is 4. The van der Waals surface area contributed by atoms with Crippen molar-refractivity contribution >= 4 is 33.1 Å². The third-order valence-corrected chi connectivity index (χ3v) is 5.84. The Kier molecular flexibility index (Phi) is 4.39. The van der Waals surface area contributed by atoms with Gasteiger partial charge in [0.05, 0.1) is 5.39 Å². The Hall–Kier alpha value is -2.06. The van der Waals surface area contributed by atoms with Crippen LogP contribution >= 0.6 is 11.3 Å². The van der Waals surface area contributed by atoms with Gasteiger partial charge in [-0.1, -0.05) is 6.92 Å². The number of aryl methyl sites for hydroxylation is 1. The van der Waals surface area contributed by atoms with Gasteiger partial charge in [-0.2, -0.15) is 0 Å². The van der Waals surface area contributed by atoms with Gasteiger partial charge in [0.1, 0.15) is 11.2 Å². The number of rotatable bonds is 5. The molecule has 1 aliphatic rings. The van der Waals surface area contributed by atoms with Crippen LogP contribution in [-0.2, 0) is 17.6 Å². The molecule has 0 fully saturated rings. The topological polar surface area (TPSA) is 81.4 Å². The van der Waals surface area contributed by atoms with Crippen molar-refractivity contribution in [2.75, 3.05) is 20.3 Å². The minimum absolute atomic E-state index is 0.190. The summed E-state index contributed by atoms with van der Waals surface area (Å²) in [6, 6.07) is 0. The molecule has 3 aromatic heterocycles. The fourth-order valence-electron chi connectivity index (χ4n) is 3.34. The first-order chi connectivity index (χ1) is 12.2. The first-order valence-corrected chi connectivity index (χ1v) is 9.41. The summed E-state index contributed by atoms with van der Waals surface area (Å²) in [5.74, 6) is 0.595. The fourth-order valence-corrected chi connectivity index (χ4v) is 4.52. The van der Waals surface area contributed by atoms with Crippen LogP contribution in [0.5, 0.6) is 0 Å². The number of fused-ring (bicyclic) bond motifs is 5. The number of aromatic nitrogens is 4. The summed E-state index contributed by atoms with van der Waals surface area (Å²) in [6.07, 6.45) is 5.78. The normalized spacial score (nSPS) is 17.1. The molecule has 1 N–H and O–H groups in total. The molecule has 0 aliphatic heterocycles. The molecule has 7 nitrogen and oxygen atoms in total. The van der Waals surface area contributed by atoms with Crippen LogP contribution in [0.4, 0.5) is 0 Å². The van der Waals surface area contributed by atoms with Gasteiger partial charge in [-0.25, -0.2) is 14.5 Å². The van der Waals surface area contributed by atoms with E-state index in [9.17, 15) is 4.79 Å². The Balaban J connectivity index is 1.69. The second kappa shape index (κ2) is 6.68. The number of hydrogen-bond donors (Lipinski definition) is 1. The number of methoxy groups -OCH3 is 1. The van der Waals surface area contributed by atoms with Crippen molar-refractivity contribution in [1.29, 1.82) is 0 Å². The minimum atomic E-state index is -0.259. The number of ether oxygens (including phenoxy) is 1. The SMILES string of the molecule is COCCCNC(=O)c1nc2c3c4c(sc3ncn2n1)CCC(C)C4. The summed E-state index contributed by atoms with van der Waals surface area (Å²) in [5.41, 5.74) is 2.08. The maximum atomic E-state index is 12.3. The monoisotopic (exact) mass is 359 g/mol. The van der Waals surface area contributed by atoms with Gasteiger partial charge in [-0.05, 0) is 37.2 Å². The van der Waals surface area contributed by atoms with Gasteiger partial charge in [0.15, 0.2) is 5.65 Å². The lowest BCUT2D eigenvalue weighted by Crippen LogP contribution is -2.26. The van der Waals surface area contributed by atoms with Crippen molar-refractivity contribution in [2.45, 2.75) is 32.6 Å². The van der Waals surface area contributed by atoms with Gasteiger partial charge >= 0.3 is 0 Å². The number of thiophene rings is 1. The van der Waals surface area contributed by atoms with E-state index in [1.54, 1.807) is 29.3 Å². The molecule has 0 bridgehead atoms.